The number of hydrazine groups is 1. The van der Waals surface area contributed by atoms with Gasteiger partial charge >= 0.3 is 0 Å². The summed E-state index contributed by atoms with van der Waals surface area (Å²) in [5.74, 6) is 6.18. The average molecular weight is 287 g/mol. The first kappa shape index (κ1) is 12.9. The zero-order valence-electron chi connectivity index (χ0n) is 9.61. The van der Waals surface area contributed by atoms with Gasteiger partial charge in [0.05, 0.1) is 22.3 Å². The summed E-state index contributed by atoms with van der Waals surface area (Å²) >= 11 is 11.9. The number of pyridine rings is 1. The van der Waals surface area contributed by atoms with E-state index in [1.165, 1.54) is 0 Å². The zero-order chi connectivity index (χ0) is 13.1. The van der Waals surface area contributed by atoms with Crippen molar-refractivity contribution in [3.8, 4) is 0 Å². The number of anilines is 2. The Kier molecular flexibility index (Phi) is 3.90. The Labute approximate surface area is 114 Å². The normalized spacial score (nSPS) is 10.4. The highest BCUT2D eigenvalue weighted by Gasteiger charge is 2.09. The van der Waals surface area contributed by atoms with E-state index in [4.69, 9.17) is 29.0 Å². The fourth-order valence-corrected chi connectivity index (χ4v) is 1.92. The number of aryl methyl sites for hydroxylation is 1. The minimum Gasteiger partial charge on any atom is -0.363 e. The average Bonchev–Trinajstić information content (AvgIpc) is 2.74. The molecular formula is C10H12Cl2N6. The van der Waals surface area contributed by atoms with Crippen LogP contribution < -0.4 is 16.6 Å². The molecule has 8 heteroatoms. The number of hydrogen-bond donors (Lipinski definition) is 3. The molecule has 0 aliphatic carbocycles. The van der Waals surface area contributed by atoms with Crippen molar-refractivity contribution in [3.05, 3.63) is 34.1 Å². The van der Waals surface area contributed by atoms with Gasteiger partial charge in [0.25, 0.3) is 0 Å². The first-order chi connectivity index (χ1) is 8.61. The second-order valence-electron chi connectivity index (χ2n) is 3.59. The number of hydrogen-bond acceptors (Lipinski definition) is 5. The number of rotatable bonds is 4. The van der Waals surface area contributed by atoms with Crippen LogP contribution in [0.25, 0.3) is 0 Å². The molecule has 0 fully saturated rings. The molecule has 2 aromatic heterocycles. The van der Waals surface area contributed by atoms with E-state index in [1.54, 1.807) is 16.9 Å². The molecule has 0 radical (unpaired) electrons. The zero-order valence-corrected chi connectivity index (χ0v) is 11.1. The highest BCUT2D eigenvalue weighted by molar-refractivity contribution is 6.37. The SMILES string of the molecule is Cn1nccc1CNc1nc(NN)c(Cl)cc1Cl. The molecule has 0 bridgehead atoms. The molecule has 0 spiro atoms. The van der Waals surface area contributed by atoms with E-state index >= 15 is 0 Å². The predicted molar refractivity (Wildman–Crippen MR) is 72.6 cm³/mol. The lowest BCUT2D eigenvalue weighted by Crippen LogP contribution is -2.12. The minimum absolute atomic E-state index is 0.369. The van der Waals surface area contributed by atoms with Gasteiger partial charge in [0.1, 0.15) is 5.82 Å². The molecule has 0 aliphatic rings. The molecule has 0 saturated heterocycles. The van der Waals surface area contributed by atoms with Crippen LogP contribution in [0.4, 0.5) is 11.6 Å². The van der Waals surface area contributed by atoms with Crippen molar-refractivity contribution in [1.29, 1.82) is 0 Å². The van der Waals surface area contributed by atoms with Crippen LogP contribution in [0.3, 0.4) is 0 Å². The first-order valence-corrected chi connectivity index (χ1v) is 5.91. The highest BCUT2D eigenvalue weighted by atomic mass is 35.5. The van der Waals surface area contributed by atoms with E-state index in [9.17, 15) is 0 Å². The van der Waals surface area contributed by atoms with Gasteiger partial charge in [-0.15, -0.1) is 0 Å². The second kappa shape index (κ2) is 5.43. The van der Waals surface area contributed by atoms with Crippen molar-refractivity contribution in [2.45, 2.75) is 6.54 Å². The number of nitrogens with zero attached hydrogens (tertiary/aromatic N) is 3. The van der Waals surface area contributed by atoms with E-state index in [0.29, 0.717) is 28.2 Å². The molecule has 0 unspecified atom stereocenters. The van der Waals surface area contributed by atoms with Crippen molar-refractivity contribution >= 4 is 34.8 Å². The molecule has 0 amide bonds. The Morgan fingerprint density at radius 2 is 2.06 bits per heavy atom. The molecule has 96 valence electrons. The Morgan fingerprint density at radius 3 is 2.67 bits per heavy atom. The van der Waals surface area contributed by atoms with Crippen LogP contribution in [0.2, 0.25) is 10.0 Å². The lowest BCUT2D eigenvalue weighted by atomic mass is 10.4. The van der Waals surface area contributed by atoms with Gasteiger partial charge in [0.15, 0.2) is 5.82 Å². The summed E-state index contributed by atoms with van der Waals surface area (Å²) in [5.41, 5.74) is 3.41. The van der Waals surface area contributed by atoms with Crippen molar-refractivity contribution in [3.63, 3.8) is 0 Å². The summed E-state index contributed by atoms with van der Waals surface area (Å²) < 4.78 is 1.76. The number of nitrogen functional groups attached to an aromatic ring is 1. The maximum Gasteiger partial charge on any atom is 0.161 e. The van der Waals surface area contributed by atoms with Crippen LogP contribution in [0, 0.1) is 0 Å². The molecule has 2 aromatic rings. The second-order valence-corrected chi connectivity index (χ2v) is 4.41. The standard InChI is InChI=1S/C10H12Cl2N6/c1-18-6(2-3-15-18)5-14-9-7(11)4-8(12)10(16-9)17-13/h2-4H,5,13H2,1H3,(H2,14,16,17). The van der Waals surface area contributed by atoms with Gasteiger partial charge in [0.2, 0.25) is 0 Å². The summed E-state index contributed by atoms with van der Waals surface area (Å²) in [6, 6.07) is 3.48. The molecule has 4 N–H and O–H groups in total. The number of nitrogens with one attached hydrogen (secondary N) is 2. The Morgan fingerprint density at radius 1 is 1.33 bits per heavy atom. The minimum atomic E-state index is 0.369. The molecule has 2 rings (SSSR count). The highest BCUT2D eigenvalue weighted by Crippen LogP contribution is 2.28. The Bertz CT molecular complexity index is 553. The van der Waals surface area contributed by atoms with E-state index in [0.717, 1.165) is 5.69 Å². The quantitative estimate of drug-likeness (QED) is 0.592. The van der Waals surface area contributed by atoms with Gasteiger partial charge < -0.3 is 10.7 Å². The van der Waals surface area contributed by atoms with Gasteiger partial charge in [-0.05, 0) is 12.1 Å². The molecule has 2 heterocycles. The smallest absolute Gasteiger partial charge is 0.161 e. The third-order valence-corrected chi connectivity index (χ3v) is 3.00. The molecule has 0 saturated carbocycles. The van der Waals surface area contributed by atoms with Gasteiger partial charge in [-0.2, -0.15) is 5.10 Å². The Hall–Kier alpha value is -1.50. The van der Waals surface area contributed by atoms with Gasteiger partial charge in [-0.3, -0.25) is 4.68 Å². The van der Waals surface area contributed by atoms with Crippen molar-refractivity contribution in [2.24, 2.45) is 12.9 Å². The van der Waals surface area contributed by atoms with Gasteiger partial charge in [0, 0.05) is 13.2 Å². The fourth-order valence-electron chi connectivity index (χ4n) is 1.44. The third kappa shape index (κ3) is 2.66. The summed E-state index contributed by atoms with van der Waals surface area (Å²) in [5, 5.41) is 7.97. The fraction of sp³-hybridized carbons (Fsp3) is 0.200. The third-order valence-electron chi connectivity index (χ3n) is 2.43. The van der Waals surface area contributed by atoms with Crippen LogP contribution in [-0.4, -0.2) is 14.8 Å². The van der Waals surface area contributed by atoms with Crippen LogP contribution in [0.15, 0.2) is 18.3 Å². The van der Waals surface area contributed by atoms with Crippen molar-refractivity contribution in [2.75, 3.05) is 10.7 Å². The van der Waals surface area contributed by atoms with Crippen LogP contribution in [0.1, 0.15) is 5.69 Å². The van der Waals surface area contributed by atoms with Crippen LogP contribution >= 0.6 is 23.2 Å². The van der Waals surface area contributed by atoms with Crippen molar-refractivity contribution < 1.29 is 0 Å². The maximum absolute atomic E-state index is 6.04. The van der Waals surface area contributed by atoms with Crippen molar-refractivity contribution in [1.82, 2.24) is 14.8 Å². The summed E-state index contributed by atoms with van der Waals surface area (Å²) in [6.07, 6.45) is 1.72. The number of aromatic nitrogens is 3. The Balaban J connectivity index is 2.16. The van der Waals surface area contributed by atoms with E-state index < -0.39 is 0 Å². The summed E-state index contributed by atoms with van der Waals surface area (Å²) in [7, 11) is 1.86. The molecule has 0 aromatic carbocycles. The number of nitrogens with two attached hydrogens (primary N) is 1. The van der Waals surface area contributed by atoms with Gasteiger partial charge in [-0.1, -0.05) is 23.2 Å². The molecule has 6 nitrogen and oxygen atoms in total. The lowest BCUT2D eigenvalue weighted by molar-refractivity contribution is 0.720. The van der Waals surface area contributed by atoms with E-state index in [1.807, 2.05) is 13.1 Å². The van der Waals surface area contributed by atoms with Gasteiger partial charge in [-0.25, -0.2) is 10.8 Å². The molecule has 0 aliphatic heterocycles. The van der Waals surface area contributed by atoms with Crippen LogP contribution in [-0.2, 0) is 13.6 Å². The largest absolute Gasteiger partial charge is 0.363 e. The monoisotopic (exact) mass is 286 g/mol. The molecule has 0 atom stereocenters. The molecule has 18 heavy (non-hydrogen) atoms. The molecular weight excluding hydrogens is 275 g/mol. The summed E-state index contributed by atoms with van der Waals surface area (Å²) in [6.45, 7) is 0.550. The topological polar surface area (TPSA) is 80.8 Å². The predicted octanol–water partition coefficient (Wildman–Crippen LogP) is 2.02. The summed E-state index contributed by atoms with van der Waals surface area (Å²) in [4.78, 5) is 4.18. The van der Waals surface area contributed by atoms with E-state index in [-0.39, 0.29) is 0 Å². The van der Waals surface area contributed by atoms with E-state index in [2.05, 4.69) is 20.8 Å². The first-order valence-electron chi connectivity index (χ1n) is 5.15. The number of halogens is 2. The van der Waals surface area contributed by atoms with Crippen LogP contribution in [0.5, 0.6) is 0 Å². The lowest BCUT2D eigenvalue weighted by Gasteiger charge is -2.10. The maximum atomic E-state index is 6.04.